The number of carbonyl (C=O) groups is 2. The van der Waals surface area contributed by atoms with Gasteiger partial charge in [-0.1, -0.05) is 0 Å². The van der Waals surface area contributed by atoms with Crippen LogP contribution in [0.1, 0.15) is 19.3 Å². The van der Waals surface area contributed by atoms with Crippen LogP contribution in [0, 0.1) is 5.82 Å². The van der Waals surface area contributed by atoms with E-state index in [0.717, 1.165) is 12.8 Å². The number of carboxylic acids is 1. The number of rotatable bonds is 2. The lowest BCUT2D eigenvalue weighted by atomic mass is 10.0. The Bertz CT molecular complexity index is 475. The van der Waals surface area contributed by atoms with E-state index >= 15 is 0 Å². The summed E-state index contributed by atoms with van der Waals surface area (Å²) >= 11 is 0. The highest BCUT2D eigenvalue weighted by Gasteiger charge is 2.31. The number of nitrogens with zero attached hydrogens (tertiary/aromatic N) is 1. The van der Waals surface area contributed by atoms with Crippen LogP contribution in [0.25, 0.3) is 0 Å². The zero-order valence-corrected chi connectivity index (χ0v) is 10.3. The molecule has 1 aliphatic rings. The normalized spacial score (nSPS) is 19.0. The third-order valence-electron chi connectivity index (χ3n) is 3.14. The first-order chi connectivity index (χ1) is 9.08. The number of urea groups is 1. The number of hydrogen-bond acceptors (Lipinski definition) is 2. The fourth-order valence-electron chi connectivity index (χ4n) is 2.16. The smallest absolute Gasteiger partial charge is 0.326 e. The average molecular weight is 266 g/mol. The lowest BCUT2D eigenvalue weighted by molar-refractivity contribution is -0.143. The SMILES string of the molecule is O=C(O)[C@H]1CCCCN1C(=O)Nc1ccc(F)cc1. The first kappa shape index (κ1) is 13.3. The number of likely N-dealkylation sites (tertiary alicyclic amines) is 1. The van der Waals surface area contributed by atoms with Crippen LogP contribution in [0.4, 0.5) is 14.9 Å². The number of aliphatic carboxylic acids is 1. The van der Waals surface area contributed by atoms with Gasteiger partial charge in [-0.3, -0.25) is 0 Å². The van der Waals surface area contributed by atoms with Gasteiger partial charge in [0.25, 0.3) is 0 Å². The summed E-state index contributed by atoms with van der Waals surface area (Å²) in [6.07, 6.45) is 2.06. The summed E-state index contributed by atoms with van der Waals surface area (Å²) in [5.41, 5.74) is 0.445. The zero-order valence-electron chi connectivity index (χ0n) is 10.3. The van der Waals surface area contributed by atoms with Crippen LogP contribution in [-0.2, 0) is 4.79 Å². The third-order valence-corrected chi connectivity index (χ3v) is 3.14. The maximum Gasteiger partial charge on any atom is 0.326 e. The van der Waals surface area contributed by atoms with Gasteiger partial charge < -0.3 is 15.3 Å². The van der Waals surface area contributed by atoms with Gasteiger partial charge in [0.1, 0.15) is 11.9 Å². The van der Waals surface area contributed by atoms with Crippen LogP contribution in [0.3, 0.4) is 0 Å². The average Bonchev–Trinajstić information content (AvgIpc) is 2.41. The maximum atomic E-state index is 12.7. The Hall–Kier alpha value is -2.11. The second kappa shape index (κ2) is 5.69. The molecule has 0 spiro atoms. The quantitative estimate of drug-likeness (QED) is 0.862. The summed E-state index contributed by atoms with van der Waals surface area (Å²) in [4.78, 5) is 24.4. The fourth-order valence-corrected chi connectivity index (χ4v) is 2.16. The van der Waals surface area contributed by atoms with Gasteiger partial charge in [-0.15, -0.1) is 0 Å². The minimum absolute atomic E-state index is 0.389. The third kappa shape index (κ3) is 3.21. The van der Waals surface area contributed by atoms with Crippen molar-refractivity contribution < 1.29 is 19.1 Å². The van der Waals surface area contributed by atoms with E-state index in [4.69, 9.17) is 5.11 Å². The molecule has 1 atom stereocenters. The van der Waals surface area contributed by atoms with Crippen LogP contribution in [-0.4, -0.2) is 34.6 Å². The van der Waals surface area contributed by atoms with E-state index in [1.807, 2.05) is 0 Å². The van der Waals surface area contributed by atoms with Crippen molar-refractivity contribution in [1.29, 1.82) is 0 Å². The summed E-state index contributed by atoms with van der Waals surface area (Å²) in [7, 11) is 0. The lowest BCUT2D eigenvalue weighted by Gasteiger charge is -2.32. The molecule has 6 heteroatoms. The Morgan fingerprint density at radius 3 is 2.58 bits per heavy atom. The van der Waals surface area contributed by atoms with Gasteiger partial charge in [0, 0.05) is 12.2 Å². The van der Waals surface area contributed by atoms with E-state index in [2.05, 4.69) is 5.32 Å². The number of carbonyl (C=O) groups excluding carboxylic acids is 1. The molecule has 0 saturated carbocycles. The molecule has 0 aromatic heterocycles. The van der Waals surface area contributed by atoms with Crippen LogP contribution >= 0.6 is 0 Å². The van der Waals surface area contributed by atoms with E-state index in [9.17, 15) is 14.0 Å². The van der Waals surface area contributed by atoms with Gasteiger partial charge in [-0.25, -0.2) is 14.0 Å². The van der Waals surface area contributed by atoms with Gasteiger partial charge in [0.05, 0.1) is 0 Å². The Morgan fingerprint density at radius 2 is 1.95 bits per heavy atom. The largest absolute Gasteiger partial charge is 0.480 e. The number of anilines is 1. The van der Waals surface area contributed by atoms with Crippen molar-refractivity contribution >= 4 is 17.7 Å². The number of piperidine rings is 1. The Morgan fingerprint density at radius 1 is 1.26 bits per heavy atom. The molecule has 0 radical (unpaired) electrons. The van der Waals surface area contributed by atoms with Crippen molar-refractivity contribution in [3.8, 4) is 0 Å². The topological polar surface area (TPSA) is 69.6 Å². The van der Waals surface area contributed by atoms with E-state index in [1.54, 1.807) is 0 Å². The highest BCUT2D eigenvalue weighted by atomic mass is 19.1. The van der Waals surface area contributed by atoms with Gasteiger partial charge in [0.15, 0.2) is 0 Å². The highest BCUT2D eigenvalue weighted by molar-refractivity contribution is 5.92. The molecule has 1 aliphatic heterocycles. The minimum Gasteiger partial charge on any atom is -0.480 e. The maximum absolute atomic E-state index is 12.7. The summed E-state index contributed by atoms with van der Waals surface area (Å²) < 4.78 is 12.7. The molecule has 0 bridgehead atoms. The molecule has 2 amide bonds. The standard InChI is InChI=1S/C13H15FN2O3/c14-9-4-6-10(7-5-9)15-13(19)16-8-2-1-3-11(16)12(17)18/h4-7,11H,1-3,8H2,(H,15,19)(H,17,18)/t11-/m1/s1. The molecule has 1 aromatic carbocycles. The van der Waals surface area contributed by atoms with Crippen molar-refractivity contribution in [2.24, 2.45) is 0 Å². The first-order valence-electron chi connectivity index (χ1n) is 6.14. The summed E-state index contributed by atoms with van der Waals surface area (Å²) in [5.74, 6) is -1.38. The number of amides is 2. The Balaban J connectivity index is 2.05. The summed E-state index contributed by atoms with van der Waals surface area (Å²) in [5, 5.41) is 11.7. The summed E-state index contributed by atoms with van der Waals surface area (Å²) in [6.45, 7) is 0.421. The minimum atomic E-state index is -0.992. The van der Waals surface area contributed by atoms with Crippen molar-refractivity contribution in [3.05, 3.63) is 30.1 Å². The molecule has 0 aliphatic carbocycles. The van der Waals surface area contributed by atoms with E-state index in [-0.39, 0.29) is 5.82 Å². The lowest BCUT2D eigenvalue weighted by Crippen LogP contribution is -2.49. The number of nitrogens with one attached hydrogen (secondary N) is 1. The molecule has 2 N–H and O–H groups in total. The predicted octanol–water partition coefficient (Wildman–Crippen LogP) is 2.30. The molecule has 1 fully saturated rings. The van der Waals surface area contributed by atoms with E-state index < -0.39 is 18.0 Å². The molecule has 102 valence electrons. The van der Waals surface area contributed by atoms with E-state index in [0.29, 0.717) is 18.7 Å². The van der Waals surface area contributed by atoms with Crippen molar-refractivity contribution in [2.75, 3.05) is 11.9 Å². The zero-order chi connectivity index (χ0) is 13.8. The van der Waals surface area contributed by atoms with Gasteiger partial charge in [-0.2, -0.15) is 0 Å². The Labute approximate surface area is 110 Å². The number of carboxylic acid groups (broad SMARTS) is 1. The molecule has 0 unspecified atom stereocenters. The Kier molecular flexibility index (Phi) is 3.99. The number of hydrogen-bond donors (Lipinski definition) is 2. The first-order valence-corrected chi connectivity index (χ1v) is 6.14. The molecule has 1 aromatic rings. The molecule has 1 heterocycles. The van der Waals surface area contributed by atoms with Crippen molar-refractivity contribution in [1.82, 2.24) is 4.90 Å². The van der Waals surface area contributed by atoms with Gasteiger partial charge in [0.2, 0.25) is 0 Å². The summed E-state index contributed by atoms with van der Waals surface area (Å²) in [6, 6.07) is 4.11. The fraction of sp³-hybridized carbons (Fsp3) is 0.385. The molecular weight excluding hydrogens is 251 g/mol. The molecule has 19 heavy (non-hydrogen) atoms. The van der Waals surface area contributed by atoms with Crippen LogP contribution in [0.15, 0.2) is 24.3 Å². The van der Waals surface area contributed by atoms with Crippen molar-refractivity contribution in [3.63, 3.8) is 0 Å². The van der Waals surface area contributed by atoms with Crippen LogP contribution < -0.4 is 5.32 Å². The molecule has 2 rings (SSSR count). The van der Waals surface area contributed by atoms with Crippen LogP contribution in [0.2, 0.25) is 0 Å². The van der Waals surface area contributed by atoms with Gasteiger partial charge in [-0.05, 0) is 43.5 Å². The number of benzene rings is 1. The second-order valence-electron chi connectivity index (χ2n) is 4.48. The number of halogens is 1. The monoisotopic (exact) mass is 266 g/mol. The van der Waals surface area contributed by atoms with E-state index in [1.165, 1.54) is 29.2 Å². The van der Waals surface area contributed by atoms with Gasteiger partial charge >= 0.3 is 12.0 Å². The molecular formula is C13H15FN2O3. The second-order valence-corrected chi connectivity index (χ2v) is 4.48. The molecule has 1 saturated heterocycles. The predicted molar refractivity (Wildman–Crippen MR) is 67.4 cm³/mol. The highest BCUT2D eigenvalue weighted by Crippen LogP contribution is 2.19. The van der Waals surface area contributed by atoms with Crippen molar-refractivity contribution in [2.45, 2.75) is 25.3 Å². The van der Waals surface area contributed by atoms with Crippen LogP contribution in [0.5, 0.6) is 0 Å². The molecule has 5 nitrogen and oxygen atoms in total.